The Hall–Kier alpha value is -1.25. The van der Waals surface area contributed by atoms with Crippen molar-refractivity contribution in [1.29, 1.82) is 0 Å². The molecule has 0 bridgehead atoms. The zero-order valence-corrected chi connectivity index (χ0v) is 5.33. The van der Waals surface area contributed by atoms with Crippen molar-refractivity contribution in [3.8, 4) is 0 Å². The maximum atomic E-state index is 9.31. The Bertz CT molecular complexity index is 96.5. The van der Waals surface area contributed by atoms with Gasteiger partial charge < -0.3 is 9.84 Å². The van der Waals surface area contributed by atoms with Crippen molar-refractivity contribution in [3.05, 3.63) is 25.5 Å². The van der Waals surface area contributed by atoms with Crippen LogP contribution in [-0.4, -0.2) is 11.3 Å². The number of hydrogen-bond donors (Lipinski definition) is 1. The molecule has 0 saturated carbocycles. The van der Waals surface area contributed by atoms with E-state index in [2.05, 4.69) is 17.9 Å². The van der Waals surface area contributed by atoms with Crippen LogP contribution in [0.3, 0.4) is 0 Å². The topological polar surface area (TPSA) is 46.5 Å². The third-order valence-electron chi connectivity index (χ3n) is 0.184. The summed E-state index contributed by atoms with van der Waals surface area (Å²) >= 11 is 0. The summed E-state index contributed by atoms with van der Waals surface area (Å²) in [6.45, 7) is 8.25. The average molecular weight is 130 g/mol. The summed E-state index contributed by atoms with van der Waals surface area (Å²) < 4.78 is 3.72. The van der Waals surface area contributed by atoms with E-state index in [0.717, 1.165) is 6.26 Å². The Morgan fingerprint density at radius 2 is 2.00 bits per heavy atom. The second-order valence-electron chi connectivity index (χ2n) is 0.959. The summed E-state index contributed by atoms with van der Waals surface area (Å²) in [5, 5.41) is 7.62. The highest BCUT2D eigenvalue weighted by molar-refractivity contribution is 5.57. The first kappa shape index (κ1) is 10.7. The van der Waals surface area contributed by atoms with E-state index in [1.165, 1.54) is 0 Å². The van der Waals surface area contributed by atoms with Crippen LogP contribution < -0.4 is 0 Å². The minimum absolute atomic E-state index is 0.850. The van der Waals surface area contributed by atoms with Crippen LogP contribution in [0, 0.1) is 0 Å². The Labute approximate surface area is 54.3 Å². The Morgan fingerprint density at radius 1 is 1.67 bits per heavy atom. The van der Waals surface area contributed by atoms with Crippen LogP contribution in [0.5, 0.6) is 0 Å². The van der Waals surface area contributed by atoms with E-state index in [-0.39, 0.29) is 0 Å². The monoisotopic (exact) mass is 130 g/mol. The van der Waals surface area contributed by atoms with Gasteiger partial charge in [0.2, 0.25) is 0 Å². The molecule has 1 N–H and O–H groups in total. The van der Waals surface area contributed by atoms with Gasteiger partial charge in [-0.05, 0) is 6.92 Å². The molecule has 0 atom stereocenters. The highest BCUT2D eigenvalue weighted by atomic mass is 16.7. The SMILES string of the molecule is C=CC.C=COC(=O)O. The molecule has 0 rings (SSSR count). The zero-order valence-electron chi connectivity index (χ0n) is 5.33. The summed E-state index contributed by atoms with van der Waals surface area (Å²) in [7, 11) is 0. The van der Waals surface area contributed by atoms with E-state index in [9.17, 15) is 4.79 Å². The predicted molar refractivity (Wildman–Crippen MR) is 35.2 cm³/mol. The summed E-state index contributed by atoms with van der Waals surface area (Å²) in [6, 6.07) is 0. The molecule has 0 aromatic heterocycles. The summed E-state index contributed by atoms with van der Waals surface area (Å²) in [5.41, 5.74) is 0. The van der Waals surface area contributed by atoms with E-state index in [0.29, 0.717) is 0 Å². The Morgan fingerprint density at radius 3 is 2.00 bits per heavy atom. The van der Waals surface area contributed by atoms with Crippen LogP contribution >= 0.6 is 0 Å². The van der Waals surface area contributed by atoms with Crippen molar-refractivity contribution in [2.45, 2.75) is 6.92 Å². The van der Waals surface area contributed by atoms with Gasteiger partial charge in [-0.15, -0.1) is 6.58 Å². The van der Waals surface area contributed by atoms with E-state index >= 15 is 0 Å². The van der Waals surface area contributed by atoms with Crippen molar-refractivity contribution in [2.75, 3.05) is 0 Å². The molecular formula is C6H10O3. The van der Waals surface area contributed by atoms with Gasteiger partial charge in [-0.25, -0.2) is 4.79 Å². The number of carbonyl (C=O) groups is 1. The highest BCUT2D eigenvalue weighted by Crippen LogP contribution is 1.70. The third kappa shape index (κ3) is 49.7. The molecule has 0 fully saturated rings. The Balaban J connectivity index is 0. The number of hydrogen-bond acceptors (Lipinski definition) is 2. The van der Waals surface area contributed by atoms with Crippen molar-refractivity contribution in [3.63, 3.8) is 0 Å². The lowest BCUT2D eigenvalue weighted by molar-refractivity contribution is 0.128. The number of rotatable bonds is 1. The van der Waals surface area contributed by atoms with Gasteiger partial charge in [0.15, 0.2) is 0 Å². The quantitative estimate of drug-likeness (QED) is 0.335. The van der Waals surface area contributed by atoms with Crippen LogP contribution in [0.15, 0.2) is 25.5 Å². The summed E-state index contributed by atoms with van der Waals surface area (Å²) in [4.78, 5) is 9.31. The molecule has 0 aromatic carbocycles. The number of carboxylic acid groups (broad SMARTS) is 1. The van der Waals surface area contributed by atoms with Crippen LogP contribution in [0.25, 0.3) is 0 Å². The number of allylic oxidation sites excluding steroid dienone is 1. The van der Waals surface area contributed by atoms with Gasteiger partial charge in [0.05, 0.1) is 6.26 Å². The molecule has 0 radical (unpaired) electrons. The largest absolute Gasteiger partial charge is 0.510 e. The van der Waals surface area contributed by atoms with Crippen molar-refractivity contribution in [2.24, 2.45) is 0 Å². The molecular weight excluding hydrogens is 120 g/mol. The van der Waals surface area contributed by atoms with Gasteiger partial charge in [-0.3, -0.25) is 0 Å². The molecule has 0 aliphatic carbocycles. The van der Waals surface area contributed by atoms with Crippen LogP contribution in [0.1, 0.15) is 6.92 Å². The van der Waals surface area contributed by atoms with E-state index in [1.807, 2.05) is 6.92 Å². The predicted octanol–water partition coefficient (Wildman–Crippen LogP) is 2.02. The second kappa shape index (κ2) is 9.89. The smallest absolute Gasteiger partial charge is 0.449 e. The van der Waals surface area contributed by atoms with Crippen molar-refractivity contribution < 1.29 is 14.6 Å². The highest BCUT2D eigenvalue weighted by Gasteiger charge is 1.84. The molecule has 0 unspecified atom stereocenters. The fraction of sp³-hybridized carbons (Fsp3) is 0.167. The molecule has 0 aliphatic heterocycles. The van der Waals surface area contributed by atoms with E-state index in [1.54, 1.807) is 6.08 Å². The molecule has 0 spiro atoms. The van der Waals surface area contributed by atoms with Gasteiger partial charge >= 0.3 is 6.16 Å². The summed E-state index contributed by atoms with van der Waals surface area (Å²) in [5.74, 6) is 0. The molecule has 0 amide bonds. The van der Waals surface area contributed by atoms with Crippen LogP contribution in [0.4, 0.5) is 4.79 Å². The molecule has 0 aromatic rings. The first-order valence-corrected chi connectivity index (χ1v) is 2.26. The molecule has 3 nitrogen and oxygen atoms in total. The van der Waals surface area contributed by atoms with Crippen molar-refractivity contribution >= 4 is 6.16 Å². The van der Waals surface area contributed by atoms with E-state index < -0.39 is 6.16 Å². The molecule has 52 valence electrons. The Kier molecular flexibility index (Phi) is 11.7. The molecule has 3 heteroatoms. The maximum Gasteiger partial charge on any atom is 0.510 e. The average Bonchev–Trinajstić information content (AvgIpc) is 1.67. The third-order valence-corrected chi connectivity index (χ3v) is 0.184. The van der Waals surface area contributed by atoms with E-state index in [4.69, 9.17) is 5.11 Å². The first-order chi connectivity index (χ1) is 4.18. The summed E-state index contributed by atoms with van der Waals surface area (Å²) in [6.07, 6.45) is 1.27. The lowest BCUT2D eigenvalue weighted by Crippen LogP contribution is -1.89. The fourth-order valence-corrected chi connectivity index (χ4v) is 0.0713. The van der Waals surface area contributed by atoms with Gasteiger partial charge in [-0.1, -0.05) is 12.7 Å². The normalized spacial score (nSPS) is 5.89. The van der Waals surface area contributed by atoms with Gasteiger partial charge in [0, 0.05) is 0 Å². The standard InChI is InChI=1S/C3H4O3.C3H6/c1-2-6-3(4)5;1-3-2/h2H,1H2,(H,4,5);3H,1H2,2H3. The molecule has 9 heavy (non-hydrogen) atoms. The van der Waals surface area contributed by atoms with Crippen LogP contribution in [0.2, 0.25) is 0 Å². The molecule has 0 aliphatic rings. The minimum atomic E-state index is -1.33. The fourth-order valence-electron chi connectivity index (χ4n) is 0.0713. The van der Waals surface area contributed by atoms with Crippen LogP contribution in [-0.2, 0) is 4.74 Å². The molecule has 0 heterocycles. The lowest BCUT2D eigenvalue weighted by atomic mass is 10.8. The zero-order chi connectivity index (χ0) is 7.70. The lowest BCUT2D eigenvalue weighted by Gasteiger charge is -1.81. The molecule has 0 saturated heterocycles. The van der Waals surface area contributed by atoms with Gasteiger partial charge in [0.1, 0.15) is 0 Å². The first-order valence-electron chi connectivity index (χ1n) is 2.26. The maximum absolute atomic E-state index is 9.31. The van der Waals surface area contributed by atoms with Gasteiger partial charge in [-0.2, -0.15) is 0 Å². The van der Waals surface area contributed by atoms with Gasteiger partial charge in [0.25, 0.3) is 0 Å². The number of ether oxygens (including phenoxy) is 1. The minimum Gasteiger partial charge on any atom is -0.449 e. The second-order valence-corrected chi connectivity index (χ2v) is 0.959. The van der Waals surface area contributed by atoms with Crippen molar-refractivity contribution in [1.82, 2.24) is 0 Å².